The van der Waals surface area contributed by atoms with E-state index in [1.807, 2.05) is 32.9 Å². The number of piperidine rings is 1. The highest BCUT2D eigenvalue weighted by Gasteiger charge is 2.33. The van der Waals surface area contributed by atoms with Gasteiger partial charge >= 0.3 is 0 Å². The van der Waals surface area contributed by atoms with Crippen LogP contribution in [-0.2, 0) is 17.8 Å². The fourth-order valence-electron chi connectivity index (χ4n) is 5.12. The number of amides is 1. The van der Waals surface area contributed by atoms with Crippen molar-refractivity contribution in [1.82, 2.24) is 9.47 Å². The van der Waals surface area contributed by atoms with Gasteiger partial charge in [-0.1, -0.05) is 61.2 Å². The smallest absolute Gasteiger partial charge is 0.270 e. The molecule has 2 fully saturated rings. The van der Waals surface area contributed by atoms with E-state index in [0.717, 1.165) is 50.2 Å². The molecule has 0 spiro atoms. The Kier molecular flexibility index (Phi) is 8.32. The lowest BCUT2D eigenvalue weighted by Crippen LogP contribution is -2.39. The number of thiocarbonyl (C=S) groups is 1. The highest BCUT2D eigenvalue weighted by atomic mass is 32.2. The molecule has 0 bridgehead atoms. The van der Waals surface area contributed by atoms with E-state index in [9.17, 15) is 14.9 Å². The van der Waals surface area contributed by atoms with Crippen molar-refractivity contribution >= 4 is 46.1 Å². The zero-order chi connectivity index (χ0) is 25.8. The van der Waals surface area contributed by atoms with E-state index in [-0.39, 0.29) is 17.0 Å². The maximum atomic E-state index is 13.3. The van der Waals surface area contributed by atoms with Crippen LogP contribution in [-0.4, -0.2) is 39.3 Å². The van der Waals surface area contributed by atoms with Crippen molar-refractivity contribution in [2.75, 3.05) is 24.5 Å². The SMILES string of the molecule is CCCN1C(=O)C(=Cc2c(C)c(C#N)c(=O)n(CC)c2N2CCC(Cc3ccccc3)CC2)SC1=S. The summed E-state index contributed by atoms with van der Waals surface area (Å²) < 4.78 is 2.25. The van der Waals surface area contributed by atoms with Gasteiger partial charge in [0.05, 0.1) is 4.91 Å². The molecule has 3 heterocycles. The lowest BCUT2D eigenvalue weighted by atomic mass is 9.90. The molecule has 8 heteroatoms. The number of pyridine rings is 1. The van der Waals surface area contributed by atoms with Gasteiger partial charge in [0.1, 0.15) is 21.8 Å². The third-order valence-corrected chi connectivity index (χ3v) is 8.42. The number of hydrogen-bond donors (Lipinski definition) is 0. The Morgan fingerprint density at radius 3 is 2.47 bits per heavy atom. The molecule has 0 N–H and O–H groups in total. The number of carbonyl (C=O) groups is 1. The van der Waals surface area contributed by atoms with Crippen molar-refractivity contribution in [3.8, 4) is 6.07 Å². The number of carbonyl (C=O) groups excluding carboxylic acids is 1. The number of thioether (sulfide) groups is 1. The van der Waals surface area contributed by atoms with Crippen molar-refractivity contribution < 1.29 is 4.79 Å². The van der Waals surface area contributed by atoms with Crippen LogP contribution in [0.3, 0.4) is 0 Å². The molecule has 4 rings (SSSR count). The zero-order valence-corrected chi connectivity index (χ0v) is 22.8. The maximum Gasteiger partial charge on any atom is 0.270 e. The van der Waals surface area contributed by atoms with Crippen molar-refractivity contribution in [2.45, 2.75) is 53.0 Å². The maximum absolute atomic E-state index is 13.3. The Hall–Kier alpha value is -2.89. The molecule has 0 atom stereocenters. The van der Waals surface area contributed by atoms with E-state index in [2.05, 4.69) is 35.2 Å². The Morgan fingerprint density at radius 2 is 1.86 bits per heavy atom. The highest BCUT2D eigenvalue weighted by molar-refractivity contribution is 8.26. The Balaban J connectivity index is 1.71. The van der Waals surface area contributed by atoms with Crippen LogP contribution in [0, 0.1) is 24.2 Å². The minimum atomic E-state index is -0.269. The van der Waals surface area contributed by atoms with Crippen LogP contribution >= 0.6 is 24.0 Å². The second-order valence-electron chi connectivity index (χ2n) is 9.35. The average molecular weight is 521 g/mol. The highest BCUT2D eigenvalue weighted by Crippen LogP contribution is 2.37. The average Bonchev–Trinajstić information content (AvgIpc) is 3.14. The third-order valence-electron chi connectivity index (χ3n) is 7.04. The molecule has 188 valence electrons. The Bertz CT molecular complexity index is 1290. The molecule has 1 amide bonds. The number of nitrogens with zero attached hydrogens (tertiary/aromatic N) is 4. The fourth-order valence-corrected chi connectivity index (χ4v) is 6.41. The van der Waals surface area contributed by atoms with E-state index < -0.39 is 0 Å². The second-order valence-corrected chi connectivity index (χ2v) is 11.0. The number of anilines is 1. The van der Waals surface area contributed by atoms with Gasteiger partial charge in [-0.3, -0.25) is 19.1 Å². The summed E-state index contributed by atoms with van der Waals surface area (Å²) in [5.41, 5.74) is 2.61. The first kappa shape index (κ1) is 26.2. The van der Waals surface area contributed by atoms with Crippen molar-refractivity contribution in [2.24, 2.45) is 5.92 Å². The number of hydrogen-bond acceptors (Lipinski definition) is 6. The van der Waals surface area contributed by atoms with Crippen LogP contribution in [0.4, 0.5) is 5.82 Å². The minimum Gasteiger partial charge on any atom is -0.357 e. The molecule has 1 aromatic carbocycles. The topological polar surface area (TPSA) is 69.3 Å². The molecular weight excluding hydrogens is 488 g/mol. The number of nitriles is 1. The molecule has 0 aliphatic carbocycles. The molecule has 2 saturated heterocycles. The normalized spacial score (nSPS) is 17.8. The van der Waals surface area contributed by atoms with E-state index >= 15 is 0 Å². The summed E-state index contributed by atoms with van der Waals surface area (Å²) in [6, 6.07) is 12.7. The lowest BCUT2D eigenvalue weighted by molar-refractivity contribution is -0.122. The van der Waals surface area contributed by atoms with Gasteiger partial charge in [-0.25, -0.2) is 0 Å². The van der Waals surface area contributed by atoms with Gasteiger partial charge in [-0.05, 0) is 62.7 Å². The van der Waals surface area contributed by atoms with E-state index in [1.165, 1.54) is 17.3 Å². The molecule has 2 aliphatic heterocycles. The van der Waals surface area contributed by atoms with E-state index in [0.29, 0.717) is 33.8 Å². The largest absolute Gasteiger partial charge is 0.357 e. The summed E-state index contributed by atoms with van der Waals surface area (Å²) >= 11 is 6.75. The molecule has 0 radical (unpaired) electrons. The quantitative estimate of drug-likeness (QED) is 0.373. The Labute approximate surface area is 222 Å². The van der Waals surface area contributed by atoms with Gasteiger partial charge < -0.3 is 4.90 Å². The van der Waals surface area contributed by atoms with E-state index in [1.54, 1.807) is 9.47 Å². The summed E-state index contributed by atoms with van der Waals surface area (Å²) in [5.74, 6) is 1.28. The molecule has 6 nitrogen and oxygen atoms in total. The van der Waals surface area contributed by atoms with Crippen LogP contribution in [0.25, 0.3) is 6.08 Å². The van der Waals surface area contributed by atoms with Crippen LogP contribution < -0.4 is 10.5 Å². The predicted molar refractivity (Wildman–Crippen MR) is 151 cm³/mol. The van der Waals surface area contributed by atoms with Crippen molar-refractivity contribution in [1.29, 1.82) is 5.26 Å². The van der Waals surface area contributed by atoms with Crippen LogP contribution in [0.15, 0.2) is 40.0 Å². The van der Waals surface area contributed by atoms with Crippen LogP contribution in [0.1, 0.15) is 55.4 Å². The first-order valence-corrected chi connectivity index (χ1v) is 13.8. The van der Waals surface area contributed by atoms with Gasteiger partial charge in [0.2, 0.25) is 0 Å². The molecule has 1 aromatic heterocycles. The first-order chi connectivity index (χ1) is 17.4. The summed E-state index contributed by atoms with van der Waals surface area (Å²) in [5, 5.41) is 9.79. The summed E-state index contributed by atoms with van der Waals surface area (Å²) in [4.78, 5) is 30.8. The van der Waals surface area contributed by atoms with E-state index in [4.69, 9.17) is 12.2 Å². The number of rotatable bonds is 7. The molecular formula is C28H32N4O2S2. The van der Waals surface area contributed by atoms with Crippen LogP contribution in [0.2, 0.25) is 0 Å². The standard InChI is InChI=1S/C28H32N4O2S2/c1-4-13-32-27(34)24(36-28(32)35)17-22-19(3)23(18-29)26(33)31(5-2)25(22)30-14-11-21(12-15-30)16-20-9-7-6-8-10-20/h6-10,17,21H,4-5,11-16H2,1-3H3. The fraction of sp³-hybridized carbons (Fsp3) is 0.429. The van der Waals surface area contributed by atoms with Gasteiger partial charge in [-0.2, -0.15) is 5.26 Å². The molecule has 0 unspecified atom stereocenters. The predicted octanol–water partition coefficient (Wildman–Crippen LogP) is 5.12. The summed E-state index contributed by atoms with van der Waals surface area (Å²) in [7, 11) is 0. The number of aromatic nitrogens is 1. The zero-order valence-electron chi connectivity index (χ0n) is 21.1. The van der Waals surface area contributed by atoms with Crippen molar-refractivity contribution in [3.05, 3.63) is 67.8 Å². The second kappa shape index (κ2) is 11.4. The van der Waals surface area contributed by atoms with Gasteiger partial charge in [0.25, 0.3) is 11.5 Å². The Morgan fingerprint density at radius 1 is 1.17 bits per heavy atom. The van der Waals surface area contributed by atoms with Crippen molar-refractivity contribution in [3.63, 3.8) is 0 Å². The number of benzene rings is 1. The van der Waals surface area contributed by atoms with Gasteiger partial charge in [0, 0.05) is 31.7 Å². The third kappa shape index (κ3) is 5.14. The van der Waals surface area contributed by atoms with Gasteiger partial charge in [0.15, 0.2) is 0 Å². The molecule has 0 saturated carbocycles. The lowest BCUT2D eigenvalue weighted by Gasteiger charge is -2.36. The van der Waals surface area contributed by atoms with Gasteiger partial charge in [-0.15, -0.1) is 0 Å². The summed E-state index contributed by atoms with van der Waals surface area (Å²) in [6.45, 7) is 8.42. The molecule has 2 aromatic rings. The summed E-state index contributed by atoms with van der Waals surface area (Å²) in [6.07, 6.45) is 5.76. The minimum absolute atomic E-state index is 0.105. The first-order valence-electron chi connectivity index (χ1n) is 12.6. The monoisotopic (exact) mass is 520 g/mol. The molecule has 2 aliphatic rings. The van der Waals surface area contributed by atoms with Crippen LogP contribution in [0.5, 0.6) is 0 Å². The molecule has 36 heavy (non-hydrogen) atoms.